The summed E-state index contributed by atoms with van der Waals surface area (Å²) in [6.45, 7) is 0.712. The van der Waals surface area contributed by atoms with E-state index in [-0.39, 0.29) is 5.84 Å². The second kappa shape index (κ2) is 4.27. The van der Waals surface area contributed by atoms with Crippen LogP contribution in [0.5, 0.6) is 0 Å². The van der Waals surface area contributed by atoms with Gasteiger partial charge >= 0.3 is 0 Å². The van der Waals surface area contributed by atoms with Crippen molar-refractivity contribution in [2.45, 2.75) is 25.4 Å². The van der Waals surface area contributed by atoms with Gasteiger partial charge in [-0.05, 0) is 24.5 Å². The lowest BCUT2D eigenvalue weighted by atomic mass is 10.2. The number of nitrogens with two attached hydrogens (primary N) is 1. The highest BCUT2D eigenvalue weighted by Gasteiger charge is 2.20. The van der Waals surface area contributed by atoms with Gasteiger partial charge in [0.2, 0.25) is 0 Å². The van der Waals surface area contributed by atoms with Crippen molar-refractivity contribution < 1.29 is 5.21 Å². The van der Waals surface area contributed by atoms with Gasteiger partial charge in [-0.25, -0.2) is 0 Å². The summed E-state index contributed by atoms with van der Waals surface area (Å²) < 4.78 is 0. The lowest BCUT2D eigenvalue weighted by Gasteiger charge is -2.07. The van der Waals surface area contributed by atoms with Crippen molar-refractivity contribution >= 4 is 5.84 Å². The molecule has 4 N–H and O–H groups in total. The molecular weight excluding hydrogens is 192 g/mol. The lowest BCUT2D eigenvalue weighted by molar-refractivity contribution is 0.318. The number of nitrogens with zero attached hydrogens (tertiary/aromatic N) is 2. The van der Waals surface area contributed by atoms with Gasteiger partial charge < -0.3 is 16.3 Å². The first-order chi connectivity index (χ1) is 7.31. The van der Waals surface area contributed by atoms with Crippen molar-refractivity contribution in [2.75, 3.05) is 0 Å². The van der Waals surface area contributed by atoms with Crippen LogP contribution in [-0.2, 0) is 6.54 Å². The Kier molecular flexibility index (Phi) is 2.82. The quantitative estimate of drug-likeness (QED) is 0.289. The fourth-order valence-corrected chi connectivity index (χ4v) is 1.40. The lowest BCUT2D eigenvalue weighted by Crippen LogP contribution is -2.22. The number of rotatable bonds is 4. The number of amidine groups is 1. The first-order valence-electron chi connectivity index (χ1n) is 4.96. The summed E-state index contributed by atoms with van der Waals surface area (Å²) in [6, 6.07) is 4.40. The molecule has 1 aliphatic carbocycles. The van der Waals surface area contributed by atoms with E-state index in [1.165, 1.54) is 12.8 Å². The predicted molar refractivity (Wildman–Crippen MR) is 56.6 cm³/mol. The average molecular weight is 206 g/mol. The van der Waals surface area contributed by atoms with Gasteiger partial charge in [-0.2, -0.15) is 0 Å². The number of oxime groups is 1. The third-order valence-electron chi connectivity index (χ3n) is 2.40. The third-order valence-corrected chi connectivity index (χ3v) is 2.40. The van der Waals surface area contributed by atoms with Crippen LogP contribution in [0.4, 0.5) is 0 Å². The van der Waals surface area contributed by atoms with E-state index in [9.17, 15) is 0 Å². The van der Waals surface area contributed by atoms with E-state index in [4.69, 9.17) is 10.9 Å². The number of pyridine rings is 1. The van der Waals surface area contributed by atoms with Crippen molar-refractivity contribution in [3.8, 4) is 0 Å². The zero-order valence-electron chi connectivity index (χ0n) is 8.35. The molecule has 0 radical (unpaired) electrons. The van der Waals surface area contributed by atoms with Crippen molar-refractivity contribution in [3.05, 3.63) is 29.6 Å². The molecule has 5 heteroatoms. The average Bonchev–Trinajstić information content (AvgIpc) is 3.09. The van der Waals surface area contributed by atoms with E-state index in [1.54, 1.807) is 6.20 Å². The minimum absolute atomic E-state index is 0.0585. The van der Waals surface area contributed by atoms with E-state index < -0.39 is 0 Å². The molecule has 80 valence electrons. The zero-order valence-corrected chi connectivity index (χ0v) is 8.35. The van der Waals surface area contributed by atoms with Gasteiger partial charge in [0.05, 0.1) is 0 Å². The third kappa shape index (κ3) is 2.44. The van der Waals surface area contributed by atoms with Crippen molar-refractivity contribution in [2.24, 2.45) is 10.9 Å². The van der Waals surface area contributed by atoms with Crippen LogP contribution in [0, 0.1) is 0 Å². The second-order valence-electron chi connectivity index (χ2n) is 3.65. The highest BCUT2D eigenvalue weighted by Crippen LogP contribution is 2.19. The van der Waals surface area contributed by atoms with E-state index in [1.807, 2.05) is 12.1 Å². The summed E-state index contributed by atoms with van der Waals surface area (Å²) in [6.07, 6.45) is 4.10. The Bertz CT molecular complexity index is 373. The van der Waals surface area contributed by atoms with Crippen LogP contribution in [0.3, 0.4) is 0 Å². The molecule has 1 aromatic rings. The molecule has 1 aromatic heterocycles. The Hall–Kier alpha value is -1.62. The molecule has 0 aliphatic heterocycles. The molecule has 1 saturated carbocycles. The van der Waals surface area contributed by atoms with Gasteiger partial charge in [-0.3, -0.25) is 4.98 Å². The molecule has 0 saturated heterocycles. The summed E-state index contributed by atoms with van der Waals surface area (Å²) in [5, 5.41) is 14.9. The van der Waals surface area contributed by atoms with Crippen LogP contribution >= 0.6 is 0 Å². The Balaban J connectivity index is 2.12. The molecule has 0 spiro atoms. The largest absolute Gasteiger partial charge is 0.409 e. The number of nitrogens with one attached hydrogen (secondary N) is 1. The summed E-state index contributed by atoms with van der Waals surface area (Å²) in [5.41, 5.74) is 7.03. The maximum atomic E-state index is 8.60. The van der Waals surface area contributed by atoms with E-state index in [2.05, 4.69) is 15.5 Å². The molecular formula is C10H14N4O. The van der Waals surface area contributed by atoms with Gasteiger partial charge in [-0.1, -0.05) is 11.2 Å². The second-order valence-corrected chi connectivity index (χ2v) is 3.65. The molecule has 1 heterocycles. The molecule has 0 amide bonds. The van der Waals surface area contributed by atoms with Gasteiger partial charge in [0.1, 0.15) is 5.69 Å². The molecule has 0 atom stereocenters. The fraction of sp³-hybridized carbons (Fsp3) is 0.400. The van der Waals surface area contributed by atoms with Crippen LogP contribution in [0.2, 0.25) is 0 Å². The maximum Gasteiger partial charge on any atom is 0.189 e. The first kappa shape index (κ1) is 9.92. The summed E-state index contributed by atoms with van der Waals surface area (Å²) in [7, 11) is 0. The number of hydrogen-bond acceptors (Lipinski definition) is 4. The van der Waals surface area contributed by atoms with Crippen LogP contribution < -0.4 is 11.1 Å². The van der Waals surface area contributed by atoms with E-state index in [0.29, 0.717) is 18.3 Å². The number of hydrogen-bond donors (Lipinski definition) is 3. The Morgan fingerprint density at radius 3 is 3.13 bits per heavy atom. The topological polar surface area (TPSA) is 83.5 Å². The zero-order chi connectivity index (χ0) is 10.7. The monoisotopic (exact) mass is 206 g/mol. The van der Waals surface area contributed by atoms with E-state index >= 15 is 0 Å². The van der Waals surface area contributed by atoms with Gasteiger partial charge in [0.15, 0.2) is 5.84 Å². The maximum absolute atomic E-state index is 8.60. The highest BCUT2D eigenvalue weighted by atomic mass is 16.4. The normalized spacial score (nSPS) is 16.7. The summed E-state index contributed by atoms with van der Waals surface area (Å²) in [4.78, 5) is 4.09. The van der Waals surface area contributed by atoms with Crippen LogP contribution in [0.25, 0.3) is 0 Å². The molecule has 2 rings (SSSR count). The summed E-state index contributed by atoms with van der Waals surface area (Å²) in [5.74, 6) is 0.0585. The molecule has 1 fully saturated rings. The van der Waals surface area contributed by atoms with Crippen molar-refractivity contribution in [3.63, 3.8) is 0 Å². The van der Waals surface area contributed by atoms with Gasteiger partial charge in [0, 0.05) is 18.8 Å². The van der Waals surface area contributed by atoms with Crippen molar-refractivity contribution in [1.82, 2.24) is 10.3 Å². The van der Waals surface area contributed by atoms with Crippen molar-refractivity contribution in [1.29, 1.82) is 0 Å². The Morgan fingerprint density at radius 1 is 1.67 bits per heavy atom. The fourth-order valence-electron chi connectivity index (χ4n) is 1.40. The molecule has 5 nitrogen and oxygen atoms in total. The summed E-state index contributed by atoms with van der Waals surface area (Å²) >= 11 is 0. The van der Waals surface area contributed by atoms with Crippen LogP contribution in [0.15, 0.2) is 23.5 Å². The molecule has 0 aromatic carbocycles. The Morgan fingerprint density at radius 2 is 2.47 bits per heavy atom. The molecule has 0 unspecified atom stereocenters. The van der Waals surface area contributed by atoms with E-state index in [0.717, 1.165) is 5.56 Å². The predicted octanol–water partition coefficient (Wildman–Crippen LogP) is 0.428. The SMILES string of the molecule is NC(=NO)c1ncccc1CNC1CC1. The number of aromatic nitrogens is 1. The molecule has 0 bridgehead atoms. The minimum Gasteiger partial charge on any atom is -0.409 e. The molecule has 15 heavy (non-hydrogen) atoms. The minimum atomic E-state index is 0.0585. The smallest absolute Gasteiger partial charge is 0.189 e. The standard InChI is InChI=1S/C10H14N4O/c11-10(14-15)9-7(2-1-5-12-9)6-13-8-3-4-8/h1-2,5,8,13,15H,3-4,6H2,(H2,11,14). The van der Waals surface area contributed by atoms with Gasteiger partial charge in [-0.15, -0.1) is 0 Å². The Labute approximate surface area is 88.0 Å². The van der Waals surface area contributed by atoms with Crippen LogP contribution in [0.1, 0.15) is 24.1 Å². The van der Waals surface area contributed by atoms with Crippen LogP contribution in [-0.4, -0.2) is 22.1 Å². The van der Waals surface area contributed by atoms with Gasteiger partial charge in [0.25, 0.3) is 0 Å². The highest BCUT2D eigenvalue weighted by molar-refractivity contribution is 5.96. The first-order valence-corrected chi connectivity index (χ1v) is 4.96. The molecule has 1 aliphatic rings.